The smallest absolute Gasteiger partial charge is 0.106 e. The van der Waals surface area contributed by atoms with Crippen LogP contribution in [0.2, 0.25) is 0 Å². The normalized spacial score (nSPS) is 6.91. The van der Waals surface area contributed by atoms with Crippen LogP contribution in [0.15, 0.2) is 35.3 Å². The van der Waals surface area contributed by atoms with Crippen molar-refractivity contribution in [2.75, 3.05) is 0 Å². The average Bonchev–Trinajstić information content (AvgIpc) is 2.11. The van der Waals surface area contributed by atoms with Gasteiger partial charge in [0.05, 0.1) is 10.8 Å². The Bertz CT molecular complexity index is 242. The third kappa shape index (κ3) is 4.14. The maximum atomic E-state index is 8.00. The second kappa shape index (κ2) is 6.81. The van der Waals surface area contributed by atoms with Crippen molar-refractivity contribution in [2.45, 2.75) is 0 Å². The van der Waals surface area contributed by atoms with Crippen LogP contribution in [0.3, 0.4) is 0 Å². The van der Waals surface area contributed by atoms with Crippen molar-refractivity contribution in [3.05, 3.63) is 30.3 Å². The highest BCUT2D eigenvalue weighted by Gasteiger charge is 1.79. The Morgan fingerprint density at radius 2 is 1.82 bits per heavy atom. The number of carbonyl (C=O) groups is 1. The van der Waals surface area contributed by atoms with Crippen LogP contribution >= 0.6 is 12.2 Å². The molecule has 0 spiro atoms. The van der Waals surface area contributed by atoms with Gasteiger partial charge in [0.1, 0.15) is 6.79 Å². The number of aliphatic imine (C=N–C) groups is 1. The summed E-state index contributed by atoms with van der Waals surface area (Å²) in [5.74, 6) is 0. The molecule has 0 saturated heterocycles. The minimum atomic E-state index is 0.854. The number of para-hydroxylation sites is 1. The van der Waals surface area contributed by atoms with Crippen molar-refractivity contribution in [3.63, 3.8) is 0 Å². The number of rotatable bonds is 1. The van der Waals surface area contributed by atoms with Crippen LogP contribution in [0.4, 0.5) is 5.69 Å². The predicted molar refractivity (Wildman–Crippen MR) is 48.2 cm³/mol. The van der Waals surface area contributed by atoms with Gasteiger partial charge in [-0.1, -0.05) is 18.2 Å². The van der Waals surface area contributed by atoms with Crippen LogP contribution in [-0.2, 0) is 4.79 Å². The Morgan fingerprint density at radius 3 is 2.27 bits per heavy atom. The summed E-state index contributed by atoms with van der Waals surface area (Å²) in [5, 5.41) is 2.29. The van der Waals surface area contributed by atoms with Gasteiger partial charge in [-0.15, -0.1) is 0 Å². The van der Waals surface area contributed by atoms with Gasteiger partial charge in [-0.05, 0) is 24.4 Å². The molecule has 0 radical (unpaired) electrons. The molecule has 0 N–H and O–H groups in total. The van der Waals surface area contributed by atoms with Gasteiger partial charge >= 0.3 is 0 Å². The highest BCUT2D eigenvalue weighted by molar-refractivity contribution is 7.78. The molecule has 1 rings (SSSR count). The van der Waals surface area contributed by atoms with Crippen molar-refractivity contribution in [2.24, 2.45) is 4.99 Å². The van der Waals surface area contributed by atoms with Crippen molar-refractivity contribution in [1.29, 1.82) is 0 Å². The first kappa shape index (κ1) is 9.69. The third-order valence-corrected chi connectivity index (χ3v) is 1.02. The zero-order valence-corrected chi connectivity index (χ0v) is 6.67. The molecule has 0 aromatic heterocycles. The van der Waals surface area contributed by atoms with E-state index in [0.717, 1.165) is 5.69 Å². The van der Waals surface area contributed by atoms with E-state index in [1.165, 1.54) is 0 Å². The van der Waals surface area contributed by atoms with E-state index in [1.807, 2.05) is 37.1 Å². The van der Waals surface area contributed by atoms with E-state index < -0.39 is 0 Å². The van der Waals surface area contributed by atoms with E-state index in [2.05, 4.69) is 22.4 Å². The zero-order valence-electron chi connectivity index (χ0n) is 5.86. The topological polar surface area (TPSA) is 29.4 Å². The standard InChI is InChI=1S/C7H5NS.CH2O/c9-6-8-7-4-2-1-3-5-7;1-2/h1-5H;1H2. The van der Waals surface area contributed by atoms with Crippen LogP contribution in [0.1, 0.15) is 0 Å². The van der Waals surface area contributed by atoms with Crippen LogP contribution in [-0.4, -0.2) is 12.0 Å². The largest absolute Gasteiger partial charge is 0.307 e. The lowest BCUT2D eigenvalue weighted by Crippen LogP contribution is -1.58. The van der Waals surface area contributed by atoms with E-state index in [0.29, 0.717) is 0 Å². The number of carbonyl (C=O) groups excluding carboxylic acids is 1. The van der Waals surface area contributed by atoms with Gasteiger partial charge in [-0.2, -0.15) is 4.99 Å². The number of benzene rings is 1. The molecule has 0 atom stereocenters. The first-order valence-corrected chi connectivity index (χ1v) is 3.26. The first-order chi connectivity index (χ1) is 5.43. The van der Waals surface area contributed by atoms with Gasteiger partial charge in [-0.25, -0.2) is 0 Å². The molecule has 56 valence electrons. The molecule has 0 fully saturated rings. The lowest BCUT2D eigenvalue weighted by atomic mass is 10.3. The molecule has 11 heavy (non-hydrogen) atoms. The fourth-order valence-electron chi connectivity index (χ4n) is 0.555. The average molecular weight is 165 g/mol. The fraction of sp³-hybridized carbons (Fsp3) is 0. The molecular formula is C8H7NOS. The summed E-state index contributed by atoms with van der Waals surface area (Å²) in [7, 11) is 0. The maximum Gasteiger partial charge on any atom is 0.106 e. The lowest BCUT2D eigenvalue weighted by Gasteiger charge is -1.83. The van der Waals surface area contributed by atoms with Crippen LogP contribution in [0, 0.1) is 0 Å². The fourth-order valence-corrected chi connectivity index (χ4v) is 0.661. The van der Waals surface area contributed by atoms with Gasteiger partial charge in [0, 0.05) is 0 Å². The molecule has 0 aliphatic carbocycles. The molecular weight excluding hydrogens is 158 g/mol. The second-order valence-corrected chi connectivity index (χ2v) is 1.72. The first-order valence-electron chi connectivity index (χ1n) is 2.85. The summed E-state index contributed by atoms with van der Waals surface area (Å²) < 4.78 is 0. The lowest BCUT2D eigenvalue weighted by molar-refractivity contribution is -0.0979. The van der Waals surface area contributed by atoms with Crippen molar-refractivity contribution in [3.8, 4) is 0 Å². The predicted octanol–water partition coefficient (Wildman–Crippen LogP) is 2.24. The van der Waals surface area contributed by atoms with Gasteiger partial charge in [0.2, 0.25) is 0 Å². The number of thiocarbonyl (C=S) groups is 1. The third-order valence-electron chi connectivity index (χ3n) is 0.931. The van der Waals surface area contributed by atoms with Gasteiger partial charge in [0.15, 0.2) is 0 Å². The van der Waals surface area contributed by atoms with E-state index >= 15 is 0 Å². The maximum absolute atomic E-state index is 8.00. The molecule has 0 aliphatic heterocycles. The van der Waals surface area contributed by atoms with E-state index in [4.69, 9.17) is 4.79 Å². The Kier molecular flexibility index (Phi) is 5.99. The Hall–Kier alpha value is -1.31. The summed E-state index contributed by atoms with van der Waals surface area (Å²) >= 11 is 4.42. The van der Waals surface area contributed by atoms with Crippen LogP contribution in [0.5, 0.6) is 0 Å². The zero-order chi connectivity index (χ0) is 8.53. The molecule has 1 aromatic rings. The molecule has 0 amide bonds. The van der Waals surface area contributed by atoms with Crippen LogP contribution < -0.4 is 0 Å². The molecule has 0 heterocycles. The molecule has 0 aliphatic rings. The minimum Gasteiger partial charge on any atom is -0.307 e. The number of hydrogen-bond acceptors (Lipinski definition) is 3. The molecule has 0 bridgehead atoms. The molecule has 0 saturated carbocycles. The highest BCUT2D eigenvalue weighted by Crippen LogP contribution is 2.07. The number of nitrogens with zero attached hydrogens (tertiary/aromatic N) is 1. The Morgan fingerprint density at radius 1 is 1.27 bits per heavy atom. The monoisotopic (exact) mass is 165 g/mol. The number of isothiocyanates is 1. The van der Waals surface area contributed by atoms with Gasteiger partial charge in [0.25, 0.3) is 0 Å². The van der Waals surface area contributed by atoms with Crippen LogP contribution in [0.25, 0.3) is 0 Å². The van der Waals surface area contributed by atoms with Gasteiger partial charge in [-0.3, -0.25) is 0 Å². The van der Waals surface area contributed by atoms with Gasteiger partial charge < -0.3 is 4.79 Å². The van der Waals surface area contributed by atoms with E-state index in [9.17, 15) is 0 Å². The molecule has 2 nitrogen and oxygen atoms in total. The Labute approximate surface area is 70.6 Å². The summed E-state index contributed by atoms with van der Waals surface area (Å²) in [6.07, 6.45) is 0. The van der Waals surface area contributed by atoms with Crippen molar-refractivity contribution in [1.82, 2.24) is 0 Å². The minimum absolute atomic E-state index is 0.854. The summed E-state index contributed by atoms with van der Waals surface area (Å²) in [4.78, 5) is 11.8. The summed E-state index contributed by atoms with van der Waals surface area (Å²) in [6.45, 7) is 2.00. The molecule has 1 aromatic carbocycles. The molecule has 0 unspecified atom stereocenters. The second-order valence-electron chi connectivity index (χ2n) is 1.54. The van der Waals surface area contributed by atoms with E-state index in [1.54, 1.807) is 0 Å². The van der Waals surface area contributed by atoms with Crippen molar-refractivity contribution < 1.29 is 4.79 Å². The summed E-state index contributed by atoms with van der Waals surface area (Å²) in [5.41, 5.74) is 0.854. The number of hydrogen-bond donors (Lipinski definition) is 0. The molecule has 3 heteroatoms. The SMILES string of the molecule is C=O.S=C=Nc1ccccc1. The van der Waals surface area contributed by atoms with Crippen molar-refractivity contribution >= 4 is 29.9 Å². The summed E-state index contributed by atoms with van der Waals surface area (Å²) in [6, 6.07) is 9.50. The highest BCUT2D eigenvalue weighted by atomic mass is 32.1. The quantitative estimate of drug-likeness (QED) is 0.471. The van der Waals surface area contributed by atoms with E-state index in [-0.39, 0.29) is 0 Å². The Balaban J connectivity index is 0.000000461.